The molecule has 0 atom stereocenters. The average molecular weight is 527 g/mol. The van der Waals surface area contributed by atoms with Crippen molar-refractivity contribution in [2.24, 2.45) is 18.1 Å². The van der Waals surface area contributed by atoms with Gasteiger partial charge in [-0.15, -0.1) is 0 Å². The minimum absolute atomic E-state index is 0.00298. The Kier molecular flexibility index (Phi) is 6.31. The maximum atomic E-state index is 11.4. The van der Waals surface area contributed by atoms with Crippen LogP contribution in [0.3, 0.4) is 0 Å². The highest BCUT2D eigenvalue weighted by atomic mass is 35.5. The summed E-state index contributed by atoms with van der Waals surface area (Å²) in [4.78, 5) is 15.7. The van der Waals surface area contributed by atoms with Crippen LogP contribution in [0.2, 0.25) is 5.15 Å². The predicted molar refractivity (Wildman–Crippen MR) is 142 cm³/mol. The molecule has 36 heavy (non-hydrogen) atoms. The number of aryl methyl sites for hydroxylation is 1. The largest absolute Gasteiger partial charge is 0.370 e. The zero-order valence-corrected chi connectivity index (χ0v) is 21.8. The number of halogens is 1. The second-order valence-corrected chi connectivity index (χ2v) is 11.5. The van der Waals surface area contributed by atoms with Crippen LogP contribution in [0.5, 0.6) is 0 Å². The van der Waals surface area contributed by atoms with Gasteiger partial charge in [-0.1, -0.05) is 31.5 Å². The number of pyridine rings is 1. The first kappa shape index (κ1) is 24.4. The Hall–Kier alpha value is -3.28. The van der Waals surface area contributed by atoms with Crippen LogP contribution in [0.25, 0.3) is 22.2 Å². The first-order chi connectivity index (χ1) is 17.1. The summed E-state index contributed by atoms with van der Waals surface area (Å²) in [7, 11) is -1.69. The van der Waals surface area contributed by atoms with Gasteiger partial charge >= 0.3 is 0 Å². The summed E-state index contributed by atoms with van der Waals surface area (Å²) in [6, 6.07) is 8.01. The topological polar surface area (TPSA) is 132 Å². The van der Waals surface area contributed by atoms with Gasteiger partial charge in [0.25, 0.3) is 0 Å². The number of primary sulfonamides is 1. The third kappa shape index (κ3) is 4.99. The Bertz CT molecular complexity index is 1550. The van der Waals surface area contributed by atoms with Crippen molar-refractivity contribution in [3.8, 4) is 11.4 Å². The van der Waals surface area contributed by atoms with E-state index in [9.17, 15) is 8.42 Å². The van der Waals surface area contributed by atoms with Crippen molar-refractivity contribution in [2.45, 2.75) is 19.8 Å². The Balaban J connectivity index is 1.45. The van der Waals surface area contributed by atoms with Crippen LogP contribution in [-0.4, -0.2) is 52.0 Å². The van der Waals surface area contributed by atoms with E-state index in [2.05, 4.69) is 56.2 Å². The van der Waals surface area contributed by atoms with Crippen molar-refractivity contribution in [1.82, 2.24) is 24.7 Å². The average Bonchev–Trinajstić information content (AvgIpc) is 3.12. The maximum absolute atomic E-state index is 11.4. The summed E-state index contributed by atoms with van der Waals surface area (Å²) in [6.45, 7) is 5.60. The highest BCUT2D eigenvalue weighted by Crippen LogP contribution is 2.37. The van der Waals surface area contributed by atoms with Gasteiger partial charge in [0.1, 0.15) is 11.6 Å². The van der Waals surface area contributed by atoms with Crippen molar-refractivity contribution in [3.63, 3.8) is 0 Å². The first-order valence-corrected chi connectivity index (χ1v) is 13.6. The second kappa shape index (κ2) is 9.30. The molecule has 0 amide bonds. The van der Waals surface area contributed by atoms with Crippen molar-refractivity contribution in [3.05, 3.63) is 53.6 Å². The molecule has 0 aliphatic carbocycles. The van der Waals surface area contributed by atoms with Gasteiger partial charge in [-0.2, -0.15) is 5.10 Å². The standard InChI is InChI=1S/C24H27ClN8O2S/c1-14(2)16-4-5-20(33-10-15(11-33)13-36(26,34)35)18-9-28-22(8-17(16)18)29-21-6-7-27-24(30-21)19-12-32(3)31-23(19)25/h4-9,12,14-15H,10-11,13H2,1-3H3,(H2,26,34,35)(H,27,28,29,30). The molecule has 0 saturated carbocycles. The van der Waals surface area contributed by atoms with Gasteiger partial charge in [0.15, 0.2) is 11.0 Å². The number of aromatic nitrogens is 5. The third-order valence-corrected chi connectivity index (χ3v) is 7.45. The van der Waals surface area contributed by atoms with E-state index in [1.54, 1.807) is 30.2 Å². The van der Waals surface area contributed by atoms with E-state index >= 15 is 0 Å². The Labute approximate surface area is 214 Å². The smallest absolute Gasteiger partial charge is 0.209 e. The quantitative estimate of drug-likeness (QED) is 0.373. The van der Waals surface area contributed by atoms with Crippen LogP contribution in [0, 0.1) is 5.92 Å². The molecule has 3 aromatic heterocycles. The molecule has 3 N–H and O–H groups in total. The molecular formula is C24H27ClN8O2S. The van der Waals surface area contributed by atoms with Gasteiger partial charge < -0.3 is 10.2 Å². The van der Waals surface area contributed by atoms with Gasteiger partial charge in [-0.05, 0) is 35.1 Å². The summed E-state index contributed by atoms with van der Waals surface area (Å²) in [5, 5.41) is 15.1. The Morgan fingerprint density at radius 3 is 2.61 bits per heavy atom. The van der Waals surface area contributed by atoms with Crippen molar-refractivity contribution >= 4 is 49.7 Å². The zero-order valence-electron chi connectivity index (χ0n) is 20.2. The van der Waals surface area contributed by atoms with Crippen LogP contribution < -0.4 is 15.4 Å². The molecule has 1 fully saturated rings. The third-order valence-electron chi connectivity index (χ3n) is 6.24. The summed E-state index contributed by atoms with van der Waals surface area (Å²) in [5.74, 6) is 2.05. The molecule has 4 aromatic rings. The molecule has 1 aromatic carbocycles. The number of nitrogens with one attached hydrogen (secondary N) is 1. The number of nitrogens with zero attached hydrogens (tertiary/aromatic N) is 6. The lowest BCUT2D eigenvalue weighted by Crippen LogP contribution is -2.50. The molecule has 0 unspecified atom stereocenters. The molecule has 1 aliphatic rings. The second-order valence-electron chi connectivity index (χ2n) is 9.44. The molecule has 188 valence electrons. The molecule has 10 nitrogen and oxygen atoms in total. The number of anilines is 3. The summed E-state index contributed by atoms with van der Waals surface area (Å²) in [5.41, 5.74) is 2.89. The van der Waals surface area contributed by atoms with Gasteiger partial charge in [0.2, 0.25) is 10.0 Å². The van der Waals surface area contributed by atoms with Crippen molar-refractivity contribution < 1.29 is 8.42 Å². The van der Waals surface area contributed by atoms with Gasteiger partial charge in [-0.25, -0.2) is 28.5 Å². The molecule has 5 rings (SSSR count). The number of rotatable bonds is 7. The minimum Gasteiger partial charge on any atom is -0.370 e. The lowest BCUT2D eigenvalue weighted by molar-refractivity contribution is 0.445. The summed E-state index contributed by atoms with van der Waals surface area (Å²) < 4.78 is 24.5. The predicted octanol–water partition coefficient (Wildman–Crippen LogP) is 3.67. The van der Waals surface area contributed by atoms with Gasteiger partial charge in [0.05, 0.1) is 11.3 Å². The van der Waals surface area contributed by atoms with E-state index in [1.807, 2.05) is 12.3 Å². The summed E-state index contributed by atoms with van der Waals surface area (Å²) >= 11 is 6.22. The summed E-state index contributed by atoms with van der Waals surface area (Å²) in [6.07, 6.45) is 5.29. The Morgan fingerprint density at radius 1 is 1.17 bits per heavy atom. The molecule has 0 bridgehead atoms. The van der Waals surface area contributed by atoms with Crippen LogP contribution in [-0.2, 0) is 17.1 Å². The van der Waals surface area contributed by atoms with Gasteiger partial charge in [-0.3, -0.25) is 4.68 Å². The number of hydrogen-bond acceptors (Lipinski definition) is 8. The van der Waals surface area contributed by atoms with Crippen molar-refractivity contribution in [1.29, 1.82) is 0 Å². The lowest BCUT2D eigenvalue weighted by atomic mass is 9.93. The van der Waals surface area contributed by atoms with Gasteiger partial charge in [0, 0.05) is 55.7 Å². The highest BCUT2D eigenvalue weighted by Gasteiger charge is 2.31. The number of fused-ring (bicyclic) bond motifs is 1. The van der Waals surface area contributed by atoms with E-state index in [-0.39, 0.29) is 11.7 Å². The molecule has 0 radical (unpaired) electrons. The van der Waals surface area contributed by atoms with E-state index in [0.717, 1.165) is 16.5 Å². The lowest BCUT2D eigenvalue weighted by Gasteiger charge is -2.41. The zero-order chi connectivity index (χ0) is 25.6. The Morgan fingerprint density at radius 2 is 1.94 bits per heavy atom. The SMILES string of the molecule is CC(C)c1ccc(N2CC(CS(N)(=O)=O)C2)c2cnc(Nc3ccnc(-c4cn(C)nc4Cl)n3)cc12. The number of nitrogens with two attached hydrogens (primary N) is 1. The fourth-order valence-electron chi connectivity index (χ4n) is 4.60. The van der Waals surface area contributed by atoms with E-state index in [0.29, 0.717) is 47.2 Å². The van der Waals surface area contributed by atoms with Crippen LogP contribution in [0.15, 0.2) is 42.9 Å². The molecule has 0 spiro atoms. The first-order valence-electron chi connectivity index (χ1n) is 11.5. The van der Waals surface area contributed by atoms with Crippen LogP contribution in [0.4, 0.5) is 17.3 Å². The molecular weight excluding hydrogens is 500 g/mol. The van der Waals surface area contributed by atoms with E-state index in [4.69, 9.17) is 16.7 Å². The highest BCUT2D eigenvalue weighted by molar-refractivity contribution is 7.89. The molecule has 1 aliphatic heterocycles. The molecule has 4 heterocycles. The number of benzene rings is 1. The fraction of sp³-hybridized carbons (Fsp3) is 0.333. The van der Waals surface area contributed by atoms with E-state index < -0.39 is 10.0 Å². The van der Waals surface area contributed by atoms with Crippen LogP contribution >= 0.6 is 11.6 Å². The van der Waals surface area contributed by atoms with Crippen LogP contribution in [0.1, 0.15) is 25.3 Å². The minimum atomic E-state index is -3.48. The molecule has 12 heteroatoms. The normalized spacial score (nSPS) is 14.4. The van der Waals surface area contributed by atoms with E-state index in [1.165, 1.54) is 5.56 Å². The number of hydrogen-bond donors (Lipinski definition) is 2. The number of sulfonamides is 1. The van der Waals surface area contributed by atoms with Crippen molar-refractivity contribution in [2.75, 3.05) is 29.1 Å². The monoisotopic (exact) mass is 526 g/mol. The fourth-order valence-corrected chi connectivity index (χ4v) is 5.72. The molecule has 1 saturated heterocycles. The maximum Gasteiger partial charge on any atom is 0.209 e.